The maximum atomic E-state index is 8.99. The van der Waals surface area contributed by atoms with Crippen molar-refractivity contribution in [2.75, 3.05) is 0 Å². The summed E-state index contributed by atoms with van der Waals surface area (Å²) >= 11 is 0. The molecule has 3 aromatic rings. The van der Waals surface area contributed by atoms with E-state index in [9.17, 15) is 0 Å². The van der Waals surface area contributed by atoms with Crippen molar-refractivity contribution in [3.05, 3.63) is 60.0 Å². The molecule has 0 N–H and O–H groups in total. The van der Waals surface area contributed by atoms with Gasteiger partial charge in [0, 0.05) is 29.7 Å². The number of aryl methyl sites for hydroxylation is 1. The Balaban J connectivity index is 2.30. The fraction of sp³-hybridized carbons (Fsp3) is 0.0667. The SMILES string of the molecule is Cc1ccc(C#N)cc1-n1ccc2cnccc21. The summed E-state index contributed by atoms with van der Waals surface area (Å²) in [7, 11) is 0. The molecule has 1 aromatic carbocycles. The minimum atomic E-state index is 0.673. The lowest BCUT2D eigenvalue weighted by molar-refractivity contribution is 1.10. The van der Waals surface area contributed by atoms with E-state index < -0.39 is 0 Å². The van der Waals surface area contributed by atoms with E-state index in [2.05, 4.69) is 15.6 Å². The van der Waals surface area contributed by atoms with Gasteiger partial charge in [0.15, 0.2) is 0 Å². The Kier molecular flexibility index (Phi) is 2.35. The molecule has 0 bridgehead atoms. The second kappa shape index (κ2) is 4.01. The number of rotatable bonds is 1. The highest BCUT2D eigenvalue weighted by atomic mass is 15.0. The fourth-order valence-electron chi connectivity index (χ4n) is 2.13. The molecule has 3 nitrogen and oxygen atoms in total. The molecule has 2 heterocycles. The monoisotopic (exact) mass is 233 g/mol. The van der Waals surface area contributed by atoms with Crippen molar-refractivity contribution >= 4 is 10.9 Å². The average molecular weight is 233 g/mol. The largest absolute Gasteiger partial charge is 0.316 e. The highest BCUT2D eigenvalue weighted by Crippen LogP contribution is 2.22. The Morgan fingerprint density at radius 1 is 1.22 bits per heavy atom. The van der Waals surface area contributed by atoms with E-state index in [-0.39, 0.29) is 0 Å². The van der Waals surface area contributed by atoms with Crippen molar-refractivity contribution in [2.24, 2.45) is 0 Å². The van der Waals surface area contributed by atoms with Crippen LogP contribution in [0.5, 0.6) is 0 Å². The molecule has 0 spiro atoms. The van der Waals surface area contributed by atoms with Crippen LogP contribution in [-0.2, 0) is 0 Å². The molecule has 3 rings (SSSR count). The lowest BCUT2D eigenvalue weighted by atomic mass is 10.1. The summed E-state index contributed by atoms with van der Waals surface area (Å²) in [6.45, 7) is 2.05. The Morgan fingerprint density at radius 3 is 2.94 bits per heavy atom. The molecule has 0 aliphatic heterocycles. The Bertz CT molecular complexity index is 763. The zero-order valence-electron chi connectivity index (χ0n) is 9.96. The van der Waals surface area contributed by atoms with Gasteiger partial charge in [-0.3, -0.25) is 4.98 Å². The van der Waals surface area contributed by atoms with Crippen LogP contribution < -0.4 is 0 Å². The molecule has 0 saturated heterocycles. The summed E-state index contributed by atoms with van der Waals surface area (Å²) in [5.74, 6) is 0. The van der Waals surface area contributed by atoms with Crippen molar-refractivity contribution in [2.45, 2.75) is 6.92 Å². The molecular formula is C15H11N3. The maximum absolute atomic E-state index is 8.99. The molecular weight excluding hydrogens is 222 g/mol. The summed E-state index contributed by atoms with van der Waals surface area (Å²) in [5.41, 5.74) is 3.95. The number of hydrogen-bond donors (Lipinski definition) is 0. The van der Waals surface area contributed by atoms with Crippen molar-refractivity contribution in [3.63, 3.8) is 0 Å². The molecule has 3 heteroatoms. The van der Waals surface area contributed by atoms with E-state index in [1.165, 1.54) is 0 Å². The quantitative estimate of drug-likeness (QED) is 0.647. The highest BCUT2D eigenvalue weighted by Gasteiger charge is 2.06. The van der Waals surface area contributed by atoms with Crippen LogP contribution in [0.3, 0.4) is 0 Å². The van der Waals surface area contributed by atoms with Crippen LogP contribution >= 0.6 is 0 Å². The topological polar surface area (TPSA) is 41.6 Å². The van der Waals surface area contributed by atoms with Crippen LogP contribution in [0.1, 0.15) is 11.1 Å². The number of hydrogen-bond acceptors (Lipinski definition) is 2. The van der Waals surface area contributed by atoms with Crippen molar-refractivity contribution < 1.29 is 0 Å². The third-order valence-corrected chi connectivity index (χ3v) is 3.09. The third kappa shape index (κ3) is 1.56. The molecule has 0 atom stereocenters. The molecule has 18 heavy (non-hydrogen) atoms. The van der Waals surface area contributed by atoms with Crippen LogP contribution in [0.15, 0.2) is 48.9 Å². The molecule has 0 saturated carbocycles. The maximum Gasteiger partial charge on any atom is 0.0992 e. The van der Waals surface area contributed by atoms with Crippen LogP contribution in [0, 0.1) is 18.3 Å². The van der Waals surface area contributed by atoms with Crippen molar-refractivity contribution in [3.8, 4) is 11.8 Å². The van der Waals surface area contributed by atoms with Crippen LogP contribution in [0.2, 0.25) is 0 Å². The van der Waals surface area contributed by atoms with Crippen molar-refractivity contribution in [1.82, 2.24) is 9.55 Å². The van der Waals surface area contributed by atoms with E-state index in [4.69, 9.17) is 5.26 Å². The van der Waals surface area contributed by atoms with E-state index in [1.54, 1.807) is 6.20 Å². The second-order valence-corrected chi connectivity index (χ2v) is 4.23. The van der Waals surface area contributed by atoms with Gasteiger partial charge in [0.2, 0.25) is 0 Å². The van der Waals surface area contributed by atoms with Gasteiger partial charge < -0.3 is 4.57 Å². The normalized spacial score (nSPS) is 10.4. The van der Waals surface area contributed by atoms with Gasteiger partial charge in [-0.2, -0.15) is 5.26 Å². The fourth-order valence-corrected chi connectivity index (χ4v) is 2.13. The Labute approximate surface area is 105 Å². The zero-order chi connectivity index (χ0) is 12.5. The molecule has 0 fully saturated rings. The molecule has 0 unspecified atom stereocenters. The number of nitriles is 1. The summed E-state index contributed by atoms with van der Waals surface area (Å²) in [5, 5.41) is 10.1. The van der Waals surface area contributed by atoms with Crippen molar-refractivity contribution in [1.29, 1.82) is 5.26 Å². The predicted molar refractivity (Wildman–Crippen MR) is 70.5 cm³/mol. The van der Waals surface area contributed by atoms with Gasteiger partial charge in [-0.1, -0.05) is 6.07 Å². The minimum Gasteiger partial charge on any atom is -0.316 e. The van der Waals surface area contributed by atoms with Crippen LogP contribution in [0.4, 0.5) is 0 Å². The predicted octanol–water partition coefficient (Wildman–Crippen LogP) is 3.21. The number of benzene rings is 1. The first-order chi connectivity index (χ1) is 8.79. The van der Waals surface area contributed by atoms with Gasteiger partial charge in [-0.15, -0.1) is 0 Å². The van der Waals surface area contributed by atoms with Gasteiger partial charge in [0.05, 0.1) is 17.1 Å². The Morgan fingerprint density at radius 2 is 2.11 bits per heavy atom. The van der Waals surface area contributed by atoms with E-state index >= 15 is 0 Å². The molecule has 2 aromatic heterocycles. The molecule has 0 amide bonds. The molecule has 0 aliphatic rings. The Hall–Kier alpha value is -2.60. The molecule has 0 radical (unpaired) electrons. The smallest absolute Gasteiger partial charge is 0.0992 e. The number of pyridine rings is 1. The standard InChI is InChI=1S/C15H11N3/c1-11-2-3-12(9-16)8-15(11)18-7-5-13-10-17-6-4-14(13)18/h2-8,10H,1H3. The number of fused-ring (bicyclic) bond motifs is 1. The number of aromatic nitrogens is 2. The summed E-state index contributed by atoms with van der Waals surface area (Å²) < 4.78 is 2.09. The lowest BCUT2D eigenvalue weighted by Crippen LogP contribution is -1.96. The number of nitrogens with zero attached hydrogens (tertiary/aromatic N) is 3. The van der Waals surface area contributed by atoms with Gasteiger partial charge in [0.1, 0.15) is 0 Å². The minimum absolute atomic E-state index is 0.673. The zero-order valence-corrected chi connectivity index (χ0v) is 9.96. The third-order valence-electron chi connectivity index (χ3n) is 3.09. The summed E-state index contributed by atoms with van der Waals surface area (Å²) in [4.78, 5) is 4.11. The first-order valence-electron chi connectivity index (χ1n) is 5.72. The first kappa shape index (κ1) is 10.5. The van der Waals surface area contributed by atoms with E-state index in [0.717, 1.165) is 22.2 Å². The summed E-state index contributed by atoms with van der Waals surface area (Å²) in [6, 6.07) is 11.9. The van der Waals surface area contributed by atoms with Gasteiger partial charge in [0.25, 0.3) is 0 Å². The highest BCUT2D eigenvalue weighted by molar-refractivity contribution is 5.81. The van der Waals surface area contributed by atoms with Crippen LogP contribution in [0.25, 0.3) is 16.6 Å². The van der Waals surface area contributed by atoms with E-state index in [0.29, 0.717) is 5.56 Å². The summed E-state index contributed by atoms with van der Waals surface area (Å²) in [6.07, 6.45) is 5.63. The van der Waals surface area contributed by atoms with E-state index in [1.807, 2.05) is 49.6 Å². The van der Waals surface area contributed by atoms with Gasteiger partial charge in [-0.05, 0) is 36.8 Å². The van der Waals surface area contributed by atoms with Gasteiger partial charge in [-0.25, -0.2) is 0 Å². The second-order valence-electron chi connectivity index (χ2n) is 4.23. The lowest BCUT2D eigenvalue weighted by Gasteiger charge is -2.09. The molecule has 86 valence electrons. The molecule has 0 aliphatic carbocycles. The van der Waals surface area contributed by atoms with Gasteiger partial charge >= 0.3 is 0 Å². The van der Waals surface area contributed by atoms with Crippen LogP contribution in [-0.4, -0.2) is 9.55 Å². The first-order valence-corrected chi connectivity index (χ1v) is 5.72. The average Bonchev–Trinajstić information content (AvgIpc) is 2.83.